The van der Waals surface area contributed by atoms with Gasteiger partial charge in [0.2, 0.25) is 5.91 Å². The average Bonchev–Trinajstić information content (AvgIpc) is 2.66. The summed E-state index contributed by atoms with van der Waals surface area (Å²) in [5.41, 5.74) is 0. The second-order valence-corrected chi connectivity index (χ2v) is 5.67. The van der Waals surface area contributed by atoms with Crippen molar-refractivity contribution in [2.45, 2.75) is 84.0 Å². The Kier molecular flexibility index (Phi) is 8.97. The number of amides is 1. The highest BCUT2D eigenvalue weighted by Crippen LogP contribution is 2.13. The van der Waals surface area contributed by atoms with Gasteiger partial charge in [0.05, 0.1) is 0 Å². The van der Waals surface area contributed by atoms with Crippen molar-refractivity contribution in [2.75, 3.05) is 13.1 Å². The molecule has 1 aliphatic heterocycles. The molecule has 0 N–H and O–H groups in total. The van der Waals surface area contributed by atoms with Crippen molar-refractivity contribution in [2.24, 2.45) is 0 Å². The lowest BCUT2D eigenvalue weighted by Crippen LogP contribution is -2.31. The highest BCUT2D eigenvalue weighted by atomic mass is 16.2. The van der Waals surface area contributed by atoms with Gasteiger partial charge >= 0.3 is 0 Å². The molecule has 1 saturated heterocycles. The first-order valence-electron chi connectivity index (χ1n) is 8.12. The van der Waals surface area contributed by atoms with Crippen LogP contribution in [0.25, 0.3) is 0 Å². The van der Waals surface area contributed by atoms with Crippen molar-refractivity contribution < 1.29 is 4.79 Å². The van der Waals surface area contributed by atoms with E-state index in [-0.39, 0.29) is 0 Å². The van der Waals surface area contributed by atoms with Crippen LogP contribution in [0.1, 0.15) is 84.0 Å². The summed E-state index contributed by atoms with van der Waals surface area (Å²) in [6.07, 6.45) is 14.9. The lowest BCUT2D eigenvalue weighted by atomic mass is 10.1. The number of unbranched alkanes of at least 4 members (excludes halogenated alkanes) is 6. The van der Waals surface area contributed by atoms with Crippen LogP contribution in [0, 0.1) is 0 Å². The number of hydrogen-bond donors (Lipinski definition) is 0. The van der Waals surface area contributed by atoms with Crippen LogP contribution in [-0.4, -0.2) is 23.9 Å². The summed E-state index contributed by atoms with van der Waals surface area (Å²) >= 11 is 0. The predicted molar refractivity (Wildman–Crippen MR) is 77.7 cm³/mol. The van der Waals surface area contributed by atoms with Gasteiger partial charge in [0.25, 0.3) is 0 Å². The molecule has 0 bridgehead atoms. The monoisotopic (exact) mass is 253 g/mol. The van der Waals surface area contributed by atoms with Crippen LogP contribution in [0.4, 0.5) is 0 Å². The second-order valence-electron chi connectivity index (χ2n) is 5.67. The Morgan fingerprint density at radius 2 is 1.39 bits per heavy atom. The average molecular weight is 253 g/mol. The smallest absolute Gasteiger partial charge is 0.222 e. The molecule has 0 aromatic rings. The first-order chi connectivity index (χ1) is 8.84. The summed E-state index contributed by atoms with van der Waals surface area (Å²) in [4.78, 5) is 14.1. The van der Waals surface area contributed by atoms with E-state index in [1.807, 2.05) is 0 Å². The Morgan fingerprint density at radius 3 is 2.00 bits per heavy atom. The zero-order valence-electron chi connectivity index (χ0n) is 12.3. The third kappa shape index (κ3) is 7.03. The van der Waals surface area contributed by atoms with Gasteiger partial charge in [-0.3, -0.25) is 4.79 Å². The quantitative estimate of drug-likeness (QED) is 0.582. The molecule has 0 unspecified atom stereocenters. The number of likely N-dealkylation sites (tertiary alicyclic amines) is 1. The molecule has 0 aromatic carbocycles. The summed E-state index contributed by atoms with van der Waals surface area (Å²) in [6.45, 7) is 4.27. The van der Waals surface area contributed by atoms with Gasteiger partial charge < -0.3 is 4.90 Å². The highest BCUT2D eigenvalue weighted by molar-refractivity contribution is 5.76. The van der Waals surface area contributed by atoms with E-state index in [4.69, 9.17) is 0 Å². The molecule has 2 heteroatoms. The van der Waals surface area contributed by atoms with Crippen molar-refractivity contribution in [3.63, 3.8) is 0 Å². The Hall–Kier alpha value is -0.530. The fraction of sp³-hybridized carbons (Fsp3) is 0.938. The standard InChI is InChI=1S/C16H31NO/c1-2-3-4-5-6-7-10-13-16(18)17-14-11-8-9-12-15-17/h2-15H2,1H3. The third-order valence-electron chi connectivity index (χ3n) is 3.95. The Balaban J connectivity index is 1.98. The zero-order chi connectivity index (χ0) is 13.1. The number of hydrogen-bond acceptors (Lipinski definition) is 1. The Labute approximate surface area is 113 Å². The molecule has 1 heterocycles. The lowest BCUT2D eigenvalue weighted by Gasteiger charge is -2.20. The predicted octanol–water partition coefficient (Wildman–Crippen LogP) is 4.53. The highest BCUT2D eigenvalue weighted by Gasteiger charge is 2.14. The first kappa shape index (κ1) is 15.5. The van der Waals surface area contributed by atoms with Gasteiger partial charge in [-0.15, -0.1) is 0 Å². The minimum absolute atomic E-state index is 0.408. The van der Waals surface area contributed by atoms with E-state index in [1.165, 1.54) is 64.2 Å². The maximum absolute atomic E-state index is 12.0. The van der Waals surface area contributed by atoms with Gasteiger partial charge in [0.15, 0.2) is 0 Å². The molecule has 0 saturated carbocycles. The van der Waals surface area contributed by atoms with E-state index in [9.17, 15) is 4.79 Å². The SMILES string of the molecule is CCCCCCCCCC(=O)N1CCCCCC1. The Morgan fingerprint density at radius 1 is 0.833 bits per heavy atom. The molecule has 0 atom stereocenters. The molecule has 0 aliphatic carbocycles. The fourth-order valence-corrected chi connectivity index (χ4v) is 2.71. The number of carbonyl (C=O) groups excluding carboxylic acids is 1. The van der Waals surface area contributed by atoms with Crippen LogP contribution in [-0.2, 0) is 4.79 Å². The molecular weight excluding hydrogens is 222 g/mol. The molecule has 0 radical (unpaired) electrons. The van der Waals surface area contributed by atoms with Gasteiger partial charge in [-0.05, 0) is 19.3 Å². The van der Waals surface area contributed by atoms with Crippen molar-refractivity contribution in [3.8, 4) is 0 Å². The number of nitrogens with zero attached hydrogens (tertiary/aromatic N) is 1. The second kappa shape index (κ2) is 10.4. The van der Waals surface area contributed by atoms with Gasteiger partial charge in [-0.1, -0.05) is 58.3 Å². The first-order valence-corrected chi connectivity index (χ1v) is 8.12. The van der Waals surface area contributed by atoms with Gasteiger partial charge in [0.1, 0.15) is 0 Å². The van der Waals surface area contributed by atoms with Crippen molar-refractivity contribution in [1.29, 1.82) is 0 Å². The fourth-order valence-electron chi connectivity index (χ4n) is 2.71. The third-order valence-corrected chi connectivity index (χ3v) is 3.95. The largest absolute Gasteiger partial charge is 0.343 e. The molecule has 0 aromatic heterocycles. The Bertz CT molecular complexity index is 207. The van der Waals surface area contributed by atoms with Gasteiger partial charge in [-0.2, -0.15) is 0 Å². The zero-order valence-corrected chi connectivity index (χ0v) is 12.3. The molecule has 18 heavy (non-hydrogen) atoms. The maximum Gasteiger partial charge on any atom is 0.222 e. The molecule has 1 rings (SSSR count). The van der Waals surface area contributed by atoms with Gasteiger partial charge in [-0.25, -0.2) is 0 Å². The molecule has 106 valence electrons. The van der Waals surface area contributed by atoms with Crippen molar-refractivity contribution in [1.82, 2.24) is 4.90 Å². The number of rotatable bonds is 8. The van der Waals surface area contributed by atoms with E-state index in [0.29, 0.717) is 5.91 Å². The maximum atomic E-state index is 12.0. The van der Waals surface area contributed by atoms with E-state index >= 15 is 0 Å². The number of carbonyl (C=O) groups is 1. The molecule has 1 aliphatic rings. The summed E-state index contributed by atoms with van der Waals surface area (Å²) < 4.78 is 0. The van der Waals surface area contributed by atoms with Crippen LogP contribution < -0.4 is 0 Å². The van der Waals surface area contributed by atoms with E-state index in [2.05, 4.69) is 11.8 Å². The van der Waals surface area contributed by atoms with Crippen LogP contribution in [0.5, 0.6) is 0 Å². The van der Waals surface area contributed by atoms with Crippen LogP contribution in [0.2, 0.25) is 0 Å². The summed E-state index contributed by atoms with van der Waals surface area (Å²) in [7, 11) is 0. The summed E-state index contributed by atoms with van der Waals surface area (Å²) in [5, 5.41) is 0. The van der Waals surface area contributed by atoms with Crippen molar-refractivity contribution >= 4 is 5.91 Å². The normalized spacial score (nSPS) is 16.6. The molecule has 2 nitrogen and oxygen atoms in total. The van der Waals surface area contributed by atoms with Crippen LogP contribution >= 0.6 is 0 Å². The molecule has 0 spiro atoms. The van der Waals surface area contributed by atoms with Crippen molar-refractivity contribution in [3.05, 3.63) is 0 Å². The summed E-state index contributed by atoms with van der Waals surface area (Å²) in [6, 6.07) is 0. The topological polar surface area (TPSA) is 20.3 Å². The molecule has 1 amide bonds. The lowest BCUT2D eigenvalue weighted by molar-refractivity contribution is -0.131. The summed E-state index contributed by atoms with van der Waals surface area (Å²) in [5.74, 6) is 0.408. The van der Waals surface area contributed by atoms with E-state index in [1.54, 1.807) is 0 Å². The van der Waals surface area contributed by atoms with Crippen LogP contribution in [0.15, 0.2) is 0 Å². The minimum Gasteiger partial charge on any atom is -0.343 e. The molecular formula is C16H31NO. The van der Waals surface area contributed by atoms with E-state index < -0.39 is 0 Å². The molecule has 1 fully saturated rings. The van der Waals surface area contributed by atoms with Crippen LogP contribution in [0.3, 0.4) is 0 Å². The minimum atomic E-state index is 0.408. The van der Waals surface area contributed by atoms with Gasteiger partial charge in [0, 0.05) is 19.5 Å². The van der Waals surface area contributed by atoms with E-state index in [0.717, 1.165) is 25.9 Å².